The maximum absolute atomic E-state index is 12.6. The number of nitrogens with one attached hydrogen (secondary N) is 1. The minimum atomic E-state index is -3.50. The van der Waals surface area contributed by atoms with Crippen LogP contribution < -0.4 is 10.2 Å². The lowest BCUT2D eigenvalue weighted by molar-refractivity contribution is 0.102. The monoisotopic (exact) mass is 401 g/mol. The number of hydrogen-bond acceptors (Lipinski definition) is 7. The van der Waals surface area contributed by atoms with Gasteiger partial charge in [-0.1, -0.05) is 12.1 Å². The van der Waals surface area contributed by atoms with E-state index in [9.17, 15) is 13.2 Å². The average molecular weight is 401 g/mol. The van der Waals surface area contributed by atoms with E-state index in [2.05, 4.69) is 25.1 Å². The number of carbonyl (C=O) groups is 1. The Balaban J connectivity index is 1.50. The Kier molecular flexibility index (Phi) is 5.03. The second kappa shape index (κ2) is 7.48. The van der Waals surface area contributed by atoms with Gasteiger partial charge in [-0.2, -0.15) is 0 Å². The molecule has 8 nitrogen and oxygen atoms in total. The highest BCUT2D eigenvalue weighted by Crippen LogP contribution is 2.24. The zero-order chi connectivity index (χ0) is 19.7. The third-order valence-electron chi connectivity index (χ3n) is 5.34. The van der Waals surface area contributed by atoms with E-state index in [0.29, 0.717) is 17.7 Å². The molecule has 5 rings (SSSR count). The summed E-state index contributed by atoms with van der Waals surface area (Å²) in [6.45, 7) is 4.16. The molecule has 2 aromatic rings. The summed E-state index contributed by atoms with van der Waals surface area (Å²) in [4.78, 5) is 26.2. The Bertz CT molecular complexity index is 969. The van der Waals surface area contributed by atoms with Crippen molar-refractivity contribution >= 4 is 27.4 Å². The number of amides is 1. The summed E-state index contributed by atoms with van der Waals surface area (Å²) >= 11 is 0. The zero-order valence-electron chi connectivity index (χ0n) is 15.7. The van der Waals surface area contributed by atoms with Crippen molar-refractivity contribution in [2.24, 2.45) is 0 Å². The van der Waals surface area contributed by atoms with Gasteiger partial charge in [-0.15, -0.1) is 0 Å². The molecule has 3 fully saturated rings. The van der Waals surface area contributed by atoms with E-state index in [-0.39, 0.29) is 10.5 Å². The minimum Gasteiger partial charge on any atom is -0.336 e. The number of sulfone groups is 1. The van der Waals surface area contributed by atoms with Crippen LogP contribution in [0.1, 0.15) is 23.2 Å². The number of aromatic nitrogens is 2. The lowest BCUT2D eigenvalue weighted by Gasteiger charge is -2.31. The molecule has 0 spiro atoms. The molecule has 0 atom stereocenters. The second-order valence-electron chi connectivity index (χ2n) is 7.26. The summed E-state index contributed by atoms with van der Waals surface area (Å²) in [5.74, 6) is 0.168. The first kappa shape index (κ1) is 18.8. The van der Waals surface area contributed by atoms with Crippen LogP contribution >= 0.6 is 0 Å². The second-order valence-corrected chi connectivity index (χ2v) is 9.24. The molecule has 1 amide bonds. The Hall–Kier alpha value is -2.52. The van der Waals surface area contributed by atoms with E-state index in [0.717, 1.165) is 45.3 Å². The molecular formula is C19H23N5O3S. The van der Waals surface area contributed by atoms with Gasteiger partial charge in [0.1, 0.15) is 0 Å². The van der Waals surface area contributed by atoms with Gasteiger partial charge < -0.3 is 15.1 Å². The van der Waals surface area contributed by atoms with Crippen LogP contribution in [0.15, 0.2) is 41.6 Å². The molecule has 1 aromatic heterocycles. The molecule has 0 saturated carbocycles. The van der Waals surface area contributed by atoms with Crippen molar-refractivity contribution in [1.29, 1.82) is 0 Å². The lowest BCUT2D eigenvalue weighted by Crippen LogP contribution is -2.38. The number of carbonyl (C=O) groups excluding carboxylic acids is 1. The minimum absolute atomic E-state index is 0.000364. The van der Waals surface area contributed by atoms with E-state index in [4.69, 9.17) is 0 Å². The molecule has 3 aliphatic heterocycles. The van der Waals surface area contributed by atoms with Crippen LogP contribution in [0.2, 0.25) is 0 Å². The van der Waals surface area contributed by atoms with Crippen molar-refractivity contribution in [1.82, 2.24) is 14.9 Å². The predicted octanol–water partition coefficient (Wildman–Crippen LogP) is 1.42. The fourth-order valence-corrected chi connectivity index (χ4v) is 4.75. The first-order valence-corrected chi connectivity index (χ1v) is 11.2. The summed E-state index contributed by atoms with van der Waals surface area (Å²) in [5, 5.41) is 2.69. The van der Waals surface area contributed by atoms with Gasteiger partial charge in [0.15, 0.2) is 9.84 Å². The maximum atomic E-state index is 12.6. The van der Waals surface area contributed by atoms with Crippen LogP contribution in [0, 0.1) is 0 Å². The topological polar surface area (TPSA) is 95.5 Å². The van der Waals surface area contributed by atoms with Crippen molar-refractivity contribution in [3.63, 3.8) is 0 Å². The molecule has 0 unspecified atom stereocenters. The van der Waals surface area contributed by atoms with Crippen molar-refractivity contribution in [2.75, 3.05) is 42.7 Å². The van der Waals surface area contributed by atoms with E-state index in [1.807, 2.05) is 0 Å². The molecule has 148 valence electrons. The van der Waals surface area contributed by atoms with Crippen molar-refractivity contribution in [2.45, 2.75) is 23.8 Å². The molecule has 28 heavy (non-hydrogen) atoms. The fraction of sp³-hybridized carbons (Fsp3) is 0.421. The number of piperidine rings is 1. The summed E-state index contributed by atoms with van der Waals surface area (Å²) in [7, 11) is -3.50. The summed E-state index contributed by atoms with van der Waals surface area (Å²) < 4.78 is 23.8. The molecule has 1 N–H and O–H groups in total. The van der Waals surface area contributed by atoms with E-state index in [1.165, 1.54) is 12.1 Å². The van der Waals surface area contributed by atoms with Crippen LogP contribution in [0.5, 0.6) is 0 Å². The van der Waals surface area contributed by atoms with Gasteiger partial charge in [-0.25, -0.2) is 18.4 Å². The Morgan fingerprint density at radius 1 is 1.07 bits per heavy atom. The normalized spacial score (nSPS) is 22.0. The van der Waals surface area contributed by atoms with Gasteiger partial charge in [-0.05, 0) is 25.0 Å². The average Bonchev–Trinajstić information content (AvgIpc) is 3.02. The smallest absolute Gasteiger partial charge is 0.257 e. The summed E-state index contributed by atoms with van der Waals surface area (Å²) in [6, 6.07) is 6.60. The van der Waals surface area contributed by atoms with Gasteiger partial charge in [0.25, 0.3) is 5.91 Å². The highest BCUT2D eigenvalue weighted by molar-refractivity contribution is 7.90. The number of rotatable bonds is 4. The number of anilines is 2. The Morgan fingerprint density at radius 2 is 1.75 bits per heavy atom. The SMILES string of the molecule is CS(=O)(=O)c1ccccc1C(=O)Nc1cnc(N2CCN3CCC2CC3)nc1. The van der Waals surface area contributed by atoms with E-state index < -0.39 is 15.7 Å². The van der Waals surface area contributed by atoms with Crippen LogP contribution in [-0.4, -0.2) is 67.7 Å². The molecule has 3 saturated heterocycles. The number of nitrogens with zero attached hydrogens (tertiary/aromatic N) is 4. The number of benzene rings is 1. The maximum Gasteiger partial charge on any atom is 0.257 e. The van der Waals surface area contributed by atoms with Gasteiger partial charge >= 0.3 is 0 Å². The highest BCUT2D eigenvalue weighted by atomic mass is 32.2. The molecular weight excluding hydrogens is 378 g/mol. The predicted molar refractivity (Wildman–Crippen MR) is 106 cm³/mol. The molecule has 0 radical (unpaired) electrons. The molecule has 2 bridgehead atoms. The molecule has 1 aromatic carbocycles. The van der Waals surface area contributed by atoms with Crippen LogP contribution in [0.3, 0.4) is 0 Å². The fourth-order valence-electron chi connectivity index (χ4n) is 3.86. The Labute approximate surface area is 164 Å². The van der Waals surface area contributed by atoms with Crippen LogP contribution in [0.25, 0.3) is 0 Å². The summed E-state index contributed by atoms with van der Waals surface area (Å²) in [6.07, 6.45) is 6.46. The van der Waals surface area contributed by atoms with Crippen molar-refractivity contribution in [3.8, 4) is 0 Å². The molecule has 9 heteroatoms. The summed E-state index contributed by atoms with van der Waals surface area (Å²) in [5.41, 5.74) is 0.535. The zero-order valence-corrected chi connectivity index (χ0v) is 16.5. The van der Waals surface area contributed by atoms with Crippen LogP contribution in [0.4, 0.5) is 11.6 Å². The molecule has 4 heterocycles. The molecule has 0 aliphatic carbocycles. The van der Waals surface area contributed by atoms with Crippen LogP contribution in [-0.2, 0) is 9.84 Å². The first-order valence-electron chi connectivity index (χ1n) is 9.33. The van der Waals surface area contributed by atoms with Gasteiger partial charge in [0.2, 0.25) is 5.95 Å². The van der Waals surface area contributed by atoms with Gasteiger partial charge in [-0.3, -0.25) is 4.79 Å². The third kappa shape index (κ3) is 3.85. The Morgan fingerprint density at radius 3 is 2.43 bits per heavy atom. The quantitative estimate of drug-likeness (QED) is 0.828. The first-order chi connectivity index (χ1) is 13.4. The van der Waals surface area contributed by atoms with E-state index >= 15 is 0 Å². The number of fused-ring (bicyclic) bond motifs is 4. The largest absolute Gasteiger partial charge is 0.336 e. The van der Waals surface area contributed by atoms with Crippen molar-refractivity contribution in [3.05, 3.63) is 42.2 Å². The standard InChI is InChI=1S/C19H23N5O3S/c1-28(26,27)17-5-3-2-4-16(17)18(25)22-14-12-20-19(21-13-14)24-11-10-23-8-6-15(24)7-9-23/h2-5,12-13,15H,6-11H2,1H3,(H,22,25). The van der Waals surface area contributed by atoms with E-state index in [1.54, 1.807) is 24.5 Å². The van der Waals surface area contributed by atoms with Gasteiger partial charge in [0, 0.05) is 38.5 Å². The molecule has 3 aliphatic rings. The lowest BCUT2D eigenvalue weighted by atomic mass is 10.1. The highest BCUT2D eigenvalue weighted by Gasteiger charge is 2.30. The third-order valence-corrected chi connectivity index (χ3v) is 6.49. The van der Waals surface area contributed by atoms with Crippen molar-refractivity contribution < 1.29 is 13.2 Å². The van der Waals surface area contributed by atoms with Gasteiger partial charge in [0.05, 0.1) is 28.5 Å². The number of hydrogen-bond donors (Lipinski definition) is 1.